The summed E-state index contributed by atoms with van der Waals surface area (Å²) >= 11 is 5.96. The highest BCUT2D eigenvalue weighted by Crippen LogP contribution is 2.33. The lowest BCUT2D eigenvalue weighted by Gasteiger charge is -2.32. The topological polar surface area (TPSA) is 68.1 Å². The molecular formula is C24H17ClN4O2. The van der Waals surface area contributed by atoms with Gasteiger partial charge in [-0.25, -0.2) is 4.98 Å². The smallest absolute Gasteiger partial charge is 0.255 e. The molecule has 0 aliphatic carbocycles. The number of rotatable bonds is 4. The molecule has 0 saturated carbocycles. The molecule has 0 bridgehead atoms. The van der Waals surface area contributed by atoms with Crippen LogP contribution in [0.25, 0.3) is 11.3 Å². The first-order valence-corrected chi connectivity index (χ1v) is 10.1. The van der Waals surface area contributed by atoms with Crippen LogP contribution in [0, 0.1) is 0 Å². The lowest BCUT2D eigenvalue weighted by atomic mass is 10.1. The molecule has 0 amide bonds. The fraction of sp³-hybridized carbons (Fsp3) is 0.0833. The number of nitrogens with zero attached hydrogens (tertiary/aromatic N) is 4. The van der Waals surface area contributed by atoms with Gasteiger partial charge in [0.15, 0.2) is 5.78 Å². The summed E-state index contributed by atoms with van der Waals surface area (Å²) in [7, 11) is 0. The number of hydrogen-bond donors (Lipinski definition) is 0. The molecular weight excluding hydrogens is 412 g/mol. The standard InChI is InChI=1S/C24H17ClN4O2/c25-19-7-5-17(6-8-19)22(30)15-28-21-4-2-1-3-18(21)14-29-23(31)13-20(27-24(28)29)16-9-11-26-12-10-16/h1-13H,14-15H2. The van der Waals surface area contributed by atoms with Crippen molar-refractivity contribution in [1.82, 2.24) is 14.5 Å². The molecule has 6 nitrogen and oxygen atoms in total. The number of anilines is 2. The third kappa shape index (κ3) is 3.62. The molecule has 5 rings (SSSR count). The van der Waals surface area contributed by atoms with Crippen LogP contribution in [-0.2, 0) is 6.54 Å². The number of benzene rings is 2. The van der Waals surface area contributed by atoms with E-state index in [9.17, 15) is 9.59 Å². The van der Waals surface area contributed by atoms with Crippen LogP contribution in [0.4, 0.5) is 11.6 Å². The summed E-state index contributed by atoms with van der Waals surface area (Å²) in [5.41, 5.74) is 3.53. The summed E-state index contributed by atoms with van der Waals surface area (Å²) in [6.07, 6.45) is 3.32. The Labute approximate surface area is 183 Å². The lowest BCUT2D eigenvalue weighted by molar-refractivity contribution is 0.100. The molecule has 31 heavy (non-hydrogen) atoms. The van der Waals surface area contributed by atoms with Crippen molar-refractivity contribution >= 4 is 29.0 Å². The van der Waals surface area contributed by atoms with E-state index in [2.05, 4.69) is 4.98 Å². The van der Waals surface area contributed by atoms with Gasteiger partial charge in [-0.2, -0.15) is 0 Å². The molecule has 0 saturated heterocycles. The Balaban J connectivity index is 1.62. The Hall–Kier alpha value is -3.77. The molecule has 3 heterocycles. The summed E-state index contributed by atoms with van der Waals surface area (Å²) in [5, 5.41) is 0.570. The van der Waals surface area contributed by atoms with Gasteiger partial charge in [-0.15, -0.1) is 0 Å². The second-order valence-corrected chi connectivity index (χ2v) is 7.68. The minimum absolute atomic E-state index is 0.0465. The van der Waals surface area contributed by atoms with E-state index in [1.807, 2.05) is 29.2 Å². The number of carbonyl (C=O) groups is 1. The monoisotopic (exact) mass is 428 g/mol. The highest BCUT2D eigenvalue weighted by molar-refractivity contribution is 6.30. The summed E-state index contributed by atoms with van der Waals surface area (Å²) in [6, 6.07) is 19.7. The summed E-state index contributed by atoms with van der Waals surface area (Å²) in [5.74, 6) is 0.351. The maximum atomic E-state index is 13.1. The van der Waals surface area contributed by atoms with Crippen LogP contribution in [0.15, 0.2) is 83.9 Å². The first-order valence-electron chi connectivity index (χ1n) is 9.76. The zero-order valence-electron chi connectivity index (χ0n) is 16.4. The van der Waals surface area contributed by atoms with Crippen LogP contribution in [0.5, 0.6) is 0 Å². The Bertz CT molecular complexity index is 1330. The maximum absolute atomic E-state index is 13.1. The average molecular weight is 429 g/mol. The Morgan fingerprint density at radius 3 is 2.52 bits per heavy atom. The predicted molar refractivity (Wildman–Crippen MR) is 120 cm³/mol. The molecule has 2 aromatic carbocycles. The van der Waals surface area contributed by atoms with E-state index < -0.39 is 0 Å². The van der Waals surface area contributed by atoms with E-state index in [-0.39, 0.29) is 17.9 Å². The molecule has 0 fully saturated rings. The van der Waals surface area contributed by atoms with Gasteiger partial charge in [-0.05, 0) is 48.0 Å². The average Bonchev–Trinajstić information content (AvgIpc) is 2.80. The molecule has 0 atom stereocenters. The van der Waals surface area contributed by atoms with Gasteiger partial charge in [0.1, 0.15) is 0 Å². The summed E-state index contributed by atoms with van der Waals surface area (Å²) in [6.45, 7) is 0.449. The van der Waals surface area contributed by atoms with Crippen LogP contribution in [0.1, 0.15) is 15.9 Å². The van der Waals surface area contributed by atoms with Gasteiger partial charge in [0.25, 0.3) is 5.56 Å². The van der Waals surface area contributed by atoms with Gasteiger partial charge in [-0.3, -0.25) is 19.1 Å². The molecule has 1 aliphatic heterocycles. The van der Waals surface area contributed by atoms with Gasteiger partial charge in [0.2, 0.25) is 5.95 Å². The van der Waals surface area contributed by atoms with E-state index in [0.717, 1.165) is 16.8 Å². The van der Waals surface area contributed by atoms with Crippen LogP contribution < -0.4 is 10.5 Å². The van der Waals surface area contributed by atoms with Gasteiger partial charge in [-0.1, -0.05) is 29.8 Å². The Kier molecular flexibility index (Phi) is 4.84. The predicted octanol–water partition coefficient (Wildman–Crippen LogP) is 4.34. The van der Waals surface area contributed by atoms with Gasteiger partial charge in [0.05, 0.1) is 18.8 Å². The number of halogens is 1. The lowest BCUT2D eigenvalue weighted by Crippen LogP contribution is -2.37. The molecule has 7 heteroatoms. The van der Waals surface area contributed by atoms with Crippen molar-refractivity contribution in [2.75, 3.05) is 11.4 Å². The van der Waals surface area contributed by atoms with Crippen molar-refractivity contribution in [2.24, 2.45) is 0 Å². The van der Waals surface area contributed by atoms with Crippen molar-refractivity contribution < 1.29 is 4.79 Å². The van der Waals surface area contributed by atoms with Crippen LogP contribution in [-0.4, -0.2) is 26.9 Å². The highest BCUT2D eigenvalue weighted by Gasteiger charge is 2.27. The zero-order valence-corrected chi connectivity index (χ0v) is 17.2. The molecule has 2 aromatic heterocycles. The van der Waals surface area contributed by atoms with Crippen molar-refractivity contribution in [3.8, 4) is 11.3 Å². The highest BCUT2D eigenvalue weighted by atomic mass is 35.5. The van der Waals surface area contributed by atoms with E-state index in [1.165, 1.54) is 6.07 Å². The SMILES string of the molecule is O=C(CN1c2ccccc2Cn2c1nc(-c1ccncc1)cc2=O)c1ccc(Cl)cc1. The van der Waals surface area contributed by atoms with Gasteiger partial charge < -0.3 is 4.90 Å². The largest absolute Gasteiger partial charge is 0.304 e. The fourth-order valence-electron chi connectivity index (χ4n) is 3.73. The molecule has 0 spiro atoms. The van der Waals surface area contributed by atoms with E-state index in [0.29, 0.717) is 28.8 Å². The third-order valence-corrected chi connectivity index (χ3v) is 5.54. The summed E-state index contributed by atoms with van der Waals surface area (Å²) < 4.78 is 1.60. The Morgan fingerprint density at radius 2 is 1.74 bits per heavy atom. The quantitative estimate of drug-likeness (QED) is 0.452. The second kappa shape index (κ2) is 7.81. The van der Waals surface area contributed by atoms with Gasteiger partial charge >= 0.3 is 0 Å². The Morgan fingerprint density at radius 1 is 1.00 bits per heavy atom. The van der Waals surface area contributed by atoms with Gasteiger partial charge in [0, 0.05) is 40.3 Å². The number of aromatic nitrogens is 3. The number of hydrogen-bond acceptors (Lipinski definition) is 5. The number of pyridine rings is 1. The van der Waals surface area contributed by atoms with Crippen molar-refractivity contribution in [3.05, 3.63) is 106 Å². The molecule has 0 N–H and O–H groups in total. The van der Waals surface area contributed by atoms with Crippen molar-refractivity contribution in [3.63, 3.8) is 0 Å². The van der Waals surface area contributed by atoms with Crippen LogP contribution in [0.2, 0.25) is 5.02 Å². The zero-order chi connectivity index (χ0) is 21.4. The van der Waals surface area contributed by atoms with Crippen LogP contribution in [0.3, 0.4) is 0 Å². The third-order valence-electron chi connectivity index (χ3n) is 5.28. The summed E-state index contributed by atoms with van der Waals surface area (Å²) in [4.78, 5) is 36.7. The molecule has 152 valence electrons. The first kappa shape index (κ1) is 19.2. The van der Waals surface area contributed by atoms with Crippen molar-refractivity contribution in [2.45, 2.75) is 6.54 Å². The number of Topliss-reactive ketones (excluding diaryl/α,β-unsaturated/α-hetero) is 1. The maximum Gasteiger partial charge on any atom is 0.255 e. The number of carbonyl (C=O) groups excluding carboxylic acids is 1. The molecule has 0 radical (unpaired) electrons. The van der Waals surface area contributed by atoms with E-state index in [1.54, 1.807) is 53.4 Å². The molecule has 4 aromatic rings. The van der Waals surface area contributed by atoms with Crippen LogP contribution >= 0.6 is 11.6 Å². The first-order chi connectivity index (χ1) is 15.1. The molecule has 0 unspecified atom stereocenters. The number of fused-ring (bicyclic) bond motifs is 2. The van der Waals surface area contributed by atoms with E-state index >= 15 is 0 Å². The van der Waals surface area contributed by atoms with Crippen molar-refractivity contribution in [1.29, 1.82) is 0 Å². The number of para-hydroxylation sites is 1. The normalized spacial score (nSPS) is 12.2. The molecule has 1 aliphatic rings. The minimum atomic E-state index is -0.171. The minimum Gasteiger partial charge on any atom is -0.304 e. The van der Waals surface area contributed by atoms with E-state index in [4.69, 9.17) is 16.6 Å². The fourth-order valence-corrected chi connectivity index (χ4v) is 3.86. The second-order valence-electron chi connectivity index (χ2n) is 7.25. The number of ketones is 1.